The van der Waals surface area contributed by atoms with Crippen molar-refractivity contribution in [2.45, 2.75) is 19.9 Å². The Balaban J connectivity index is 1.55. The normalized spacial score (nSPS) is 20.3. The van der Waals surface area contributed by atoms with Crippen molar-refractivity contribution in [2.75, 3.05) is 39.4 Å². The highest BCUT2D eigenvalue weighted by molar-refractivity contribution is 6.46. The van der Waals surface area contributed by atoms with Crippen LogP contribution in [-0.4, -0.2) is 75.8 Å². The molecule has 36 heavy (non-hydrogen) atoms. The molecule has 3 aromatic rings. The van der Waals surface area contributed by atoms with Crippen molar-refractivity contribution in [2.24, 2.45) is 0 Å². The number of para-hydroxylation sites is 1. The molecule has 186 valence electrons. The van der Waals surface area contributed by atoms with Gasteiger partial charge in [-0.15, -0.1) is 0 Å². The summed E-state index contributed by atoms with van der Waals surface area (Å²) in [6, 6.07) is 16.6. The number of hydrogen-bond acceptors (Lipinski definition) is 6. The van der Waals surface area contributed by atoms with Crippen molar-refractivity contribution in [3.05, 3.63) is 88.8 Å². The molecule has 0 radical (unpaired) electrons. The van der Waals surface area contributed by atoms with Gasteiger partial charge in [0.1, 0.15) is 5.76 Å². The lowest BCUT2D eigenvalue weighted by Crippen LogP contribution is -2.42. The molecule has 2 aliphatic heterocycles. The standard InChI is InChI=1S/C28H30N4O4/c1-19-8-10-21(11-9-19)25-24(27(34)28(35)31(25)13-12-30-14-16-36-17-15-30)26(33)23-18-29-32(20(23)2)22-6-4-3-5-7-22/h3-11,18,25,33H,12-17H2,1-2H3/b26-24+/t25-/m1/s1. The van der Waals surface area contributed by atoms with Gasteiger partial charge in [-0.25, -0.2) is 4.68 Å². The van der Waals surface area contributed by atoms with Gasteiger partial charge in [0.2, 0.25) is 0 Å². The van der Waals surface area contributed by atoms with Crippen LogP contribution in [0.1, 0.15) is 28.4 Å². The van der Waals surface area contributed by atoms with E-state index in [-0.39, 0.29) is 11.3 Å². The number of likely N-dealkylation sites (tertiary alicyclic amines) is 1. The number of carbonyl (C=O) groups is 2. The number of carbonyl (C=O) groups excluding carboxylic acids is 2. The lowest BCUT2D eigenvalue weighted by molar-refractivity contribution is -0.140. The molecule has 2 saturated heterocycles. The summed E-state index contributed by atoms with van der Waals surface area (Å²) < 4.78 is 7.14. The second-order valence-corrected chi connectivity index (χ2v) is 9.25. The van der Waals surface area contributed by atoms with E-state index in [0.717, 1.165) is 29.9 Å². The van der Waals surface area contributed by atoms with Crippen LogP contribution in [0.3, 0.4) is 0 Å². The summed E-state index contributed by atoms with van der Waals surface area (Å²) in [5, 5.41) is 15.9. The van der Waals surface area contributed by atoms with E-state index < -0.39 is 17.7 Å². The summed E-state index contributed by atoms with van der Waals surface area (Å²) in [6.45, 7) is 7.72. The number of morpholine rings is 1. The van der Waals surface area contributed by atoms with Crippen molar-refractivity contribution >= 4 is 17.4 Å². The fourth-order valence-corrected chi connectivity index (χ4v) is 4.90. The molecule has 3 heterocycles. The Kier molecular flexibility index (Phi) is 6.71. The Morgan fingerprint density at radius 3 is 2.39 bits per heavy atom. The maximum atomic E-state index is 13.4. The van der Waals surface area contributed by atoms with Crippen LogP contribution in [0, 0.1) is 13.8 Å². The van der Waals surface area contributed by atoms with Gasteiger partial charge in [-0.3, -0.25) is 14.5 Å². The molecule has 1 amide bonds. The van der Waals surface area contributed by atoms with Crippen molar-refractivity contribution in [1.82, 2.24) is 19.6 Å². The van der Waals surface area contributed by atoms with Gasteiger partial charge in [0, 0.05) is 26.2 Å². The quantitative estimate of drug-likeness (QED) is 0.327. The van der Waals surface area contributed by atoms with E-state index >= 15 is 0 Å². The van der Waals surface area contributed by atoms with Gasteiger partial charge in [-0.1, -0.05) is 48.0 Å². The monoisotopic (exact) mass is 486 g/mol. The lowest BCUT2D eigenvalue weighted by atomic mass is 9.95. The number of ether oxygens (including phenoxy) is 1. The fraction of sp³-hybridized carbons (Fsp3) is 0.321. The SMILES string of the molecule is Cc1ccc([C@@H]2/C(=C(\O)c3cnn(-c4ccccc4)c3C)C(=O)C(=O)N2CCN2CCOCC2)cc1. The molecule has 8 nitrogen and oxygen atoms in total. The number of nitrogens with zero attached hydrogens (tertiary/aromatic N) is 4. The molecule has 0 aliphatic carbocycles. The first-order chi connectivity index (χ1) is 17.5. The zero-order valence-electron chi connectivity index (χ0n) is 20.6. The second-order valence-electron chi connectivity index (χ2n) is 9.25. The maximum absolute atomic E-state index is 13.4. The Labute approximate surface area is 210 Å². The number of ketones is 1. The molecule has 0 saturated carbocycles. The number of amides is 1. The summed E-state index contributed by atoms with van der Waals surface area (Å²) >= 11 is 0. The summed E-state index contributed by atoms with van der Waals surface area (Å²) in [4.78, 5) is 30.4. The van der Waals surface area contributed by atoms with E-state index in [1.165, 1.54) is 0 Å². The maximum Gasteiger partial charge on any atom is 0.295 e. The zero-order chi connectivity index (χ0) is 25.2. The average Bonchev–Trinajstić information content (AvgIpc) is 3.41. The number of Topliss-reactive ketones (excluding diaryl/α,β-unsaturated/α-hetero) is 1. The van der Waals surface area contributed by atoms with Crippen LogP contribution >= 0.6 is 0 Å². The first-order valence-corrected chi connectivity index (χ1v) is 12.2. The summed E-state index contributed by atoms with van der Waals surface area (Å²) in [6.07, 6.45) is 1.55. The molecule has 2 fully saturated rings. The molecule has 1 aromatic heterocycles. The molecular weight excluding hydrogens is 456 g/mol. The molecule has 1 atom stereocenters. The van der Waals surface area contributed by atoms with Gasteiger partial charge in [-0.2, -0.15) is 5.10 Å². The first kappa shape index (κ1) is 24.0. The third-order valence-corrected chi connectivity index (χ3v) is 6.96. The number of aryl methyl sites for hydroxylation is 1. The van der Waals surface area contributed by atoms with Crippen LogP contribution in [0.15, 0.2) is 66.4 Å². The van der Waals surface area contributed by atoms with Crippen molar-refractivity contribution in [3.63, 3.8) is 0 Å². The van der Waals surface area contributed by atoms with Crippen LogP contribution in [0.2, 0.25) is 0 Å². The van der Waals surface area contributed by atoms with E-state index in [1.807, 2.05) is 68.4 Å². The molecule has 5 rings (SSSR count). The van der Waals surface area contributed by atoms with E-state index in [1.54, 1.807) is 15.8 Å². The molecule has 1 N–H and O–H groups in total. The van der Waals surface area contributed by atoms with Crippen molar-refractivity contribution < 1.29 is 19.4 Å². The molecular formula is C28H30N4O4. The topological polar surface area (TPSA) is 87.9 Å². The Morgan fingerprint density at radius 1 is 1.00 bits per heavy atom. The van der Waals surface area contributed by atoms with Crippen LogP contribution in [0.4, 0.5) is 0 Å². The van der Waals surface area contributed by atoms with Crippen molar-refractivity contribution in [1.29, 1.82) is 0 Å². The minimum Gasteiger partial charge on any atom is -0.507 e. The first-order valence-electron chi connectivity index (χ1n) is 12.2. The molecule has 0 spiro atoms. The van der Waals surface area contributed by atoms with Gasteiger partial charge in [0.05, 0.1) is 48.0 Å². The number of benzene rings is 2. The Morgan fingerprint density at radius 2 is 1.69 bits per heavy atom. The lowest BCUT2D eigenvalue weighted by Gasteiger charge is -2.31. The van der Waals surface area contributed by atoms with Gasteiger partial charge in [0.15, 0.2) is 0 Å². The number of aliphatic hydroxyl groups excluding tert-OH is 1. The van der Waals surface area contributed by atoms with Crippen molar-refractivity contribution in [3.8, 4) is 5.69 Å². The molecule has 0 bridgehead atoms. The van der Waals surface area contributed by atoms with Gasteiger partial charge < -0.3 is 14.7 Å². The fourth-order valence-electron chi connectivity index (χ4n) is 4.90. The molecule has 0 unspecified atom stereocenters. The number of hydrogen-bond donors (Lipinski definition) is 1. The summed E-state index contributed by atoms with van der Waals surface area (Å²) in [7, 11) is 0. The van der Waals surface area contributed by atoms with Crippen LogP contribution in [-0.2, 0) is 14.3 Å². The second kappa shape index (κ2) is 10.1. The smallest absolute Gasteiger partial charge is 0.295 e. The highest BCUT2D eigenvalue weighted by Gasteiger charge is 2.46. The van der Waals surface area contributed by atoms with Gasteiger partial charge >= 0.3 is 0 Å². The number of rotatable bonds is 6. The Hall–Kier alpha value is -3.75. The Bertz CT molecular complexity index is 1290. The summed E-state index contributed by atoms with van der Waals surface area (Å²) in [5.74, 6) is -1.47. The third-order valence-electron chi connectivity index (χ3n) is 6.96. The van der Waals surface area contributed by atoms with Gasteiger partial charge in [0.25, 0.3) is 11.7 Å². The van der Waals surface area contributed by atoms with Crippen LogP contribution < -0.4 is 0 Å². The van der Waals surface area contributed by atoms with E-state index in [4.69, 9.17) is 4.74 Å². The number of aliphatic hydroxyl groups is 1. The number of aromatic nitrogens is 2. The minimum atomic E-state index is -0.675. The third kappa shape index (κ3) is 4.45. The van der Waals surface area contributed by atoms with Crippen LogP contribution in [0.25, 0.3) is 11.4 Å². The zero-order valence-corrected chi connectivity index (χ0v) is 20.6. The average molecular weight is 487 g/mol. The van der Waals surface area contributed by atoms with E-state index in [0.29, 0.717) is 37.6 Å². The summed E-state index contributed by atoms with van der Waals surface area (Å²) in [5.41, 5.74) is 3.92. The van der Waals surface area contributed by atoms with Gasteiger partial charge in [-0.05, 0) is 31.5 Å². The van der Waals surface area contributed by atoms with Crippen LogP contribution in [0.5, 0.6) is 0 Å². The molecule has 2 aliphatic rings. The largest absolute Gasteiger partial charge is 0.507 e. The molecule has 2 aromatic carbocycles. The minimum absolute atomic E-state index is 0.0987. The highest BCUT2D eigenvalue weighted by Crippen LogP contribution is 2.40. The van der Waals surface area contributed by atoms with E-state index in [9.17, 15) is 14.7 Å². The molecule has 8 heteroatoms. The van der Waals surface area contributed by atoms with E-state index in [2.05, 4.69) is 10.00 Å². The predicted molar refractivity (Wildman–Crippen MR) is 136 cm³/mol. The highest BCUT2D eigenvalue weighted by atomic mass is 16.5. The predicted octanol–water partition coefficient (Wildman–Crippen LogP) is 3.24.